The van der Waals surface area contributed by atoms with Gasteiger partial charge in [-0.25, -0.2) is 0 Å². The van der Waals surface area contributed by atoms with E-state index < -0.39 is 0 Å². The Labute approximate surface area is 72.7 Å². The van der Waals surface area contributed by atoms with Crippen LogP contribution in [0.3, 0.4) is 0 Å². The average Bonchev–Trinajstić information content (AvgIpc) is 1.87. The minimum absolute atomic E-state index is 0.643. The van der Waals surface area contributed by atoms with Crippen LogP contribution >= 0.6 is 15.9 Å². The third-order valence-electron chi connectivity index (χ3n) is 1.36. The first kappa shape index (κ1) is 10.4. The molecule has 0 spiro atoms. The lowest BCUT2D eigenvalue weighted by molar-refractivity contribution is 0.556. The van der Waals surface area contributed by atoms with Gasteiger partial charge in [0.15, 0.2) is 0 Å². The highest BCUT2D eigenvalue weighted by molar-refractivity contribution is 9.09. The molecule has 0 bridgehead atoms. The van der Waals surface area contributed by atoms with Gasteiger partial charge in [0.2, 0.25) is 0 Å². The summed E-state index contributed by atoms with van der Waals surface area (Å²) in [4.78, 5) is 0. The van der Waals surface area contributed by atoms with E-state index >= 15 is 0 Å². The third kappa shape index (κ3) is 8.44. The number of rotatable bonds is 6. The highest BCUT2D eigenvalue weighted by Crippen LogP contribution is 1.97. The average molecular weight is 208 g/mol. The highest BCUT2D eigenvalue weighted by atomic mass is 79.9. The van der Waals surface area contributed by atoms with Crippen molar-refractivity contribution in [2.24, 2.45) is 0 Å². The summed E-state index contributed by atoms with van der Waals surface area (Å²) in [6, 6.07) is 0.643. The van der Waals surface area contributed by atoms with E-state index in [1.807, 2.05) is 0 Å². The number of unbranched alkanes of at least 4 members (excludes halogenated alkanes) is 2. The first-order chi connectivity index (χ1) is 4.77. The number of alkyl halides is 1. The zero-order valence-electron chi connectivity index (χ0n) is 6.99. The Hall–Kier alpha value is 0.440. The van der Waals surface area contributed by atoms with Crippen molar-refractivity contribution in [3.63, 3.8) is 0 Å². The second-order valence-corrected chi connectivity index (χ2v) is 3.65. The van der Waals surface area contributed by atoms with Gasteiger partial charge in [-0.05, 0) is 19.4 Å². The Bertz CT molecular complexity index is 64.3. The molecule has 62 valence electrons. The molecule has 0 fully saturated rings. The Kier molecular flexibility index (Phi) is 7.88. The van der Waals surface area contributed by atoms with E-state index in [1.165, 1.54) is 25.8 Å². The summed E-state index contributed by atoms with van der Waals surface area (Å²) in [6.07, 6.45) is 3.95. The fraction of sp³-hybridized carbons (Fsp3) is 1.00. The molecule has 0 amide bonds. The van der Waals surface area contributed by atoms with Crippen molar-refractivity contribution in [2.75, 3.05) is 11.9 Å². The molecule has 0 radical (unpaired) electrons. The minimum atomic E-state index is 0.643. The summed E-state index contributed by atoms with van der Waals surface area (Å²) in [6.45, 7) is 5.54. The quantitative estimate of drug-likeness (QED) is 0.522. The number of halogens is 1. The van der Waals surface area contributed by atoms with Gasteiger partial charge in [0.1, 0.15) is 0 Å². The Morgan fingerprint density at radius 2 is 1.90 bits per heavy atom. The van der Waals surface area contributed by atoms with Gasteiger partial charge in [-0.15, -0.1) is 0 Å². The molecule has 10 heavy (non-hydrogen) atoms. The summed E-state index contributed by atoms with van der Waals surface area (Å²) < 4.78 is 0. The van der Waals surface area contributed by atoms with Crippen molar-refractivity contribution < 1.29 is 0 Å². The molecule has 0 saturated carbocycles. The molecule has 1 N–H and O–H groups in total. The molecule has 2 heteroatoms. The molecule has 0 aromatic heterocycles. The first-order valence-electron chi connectivity index (χ1n) is 4.06. The second kappa shape index (κ2) is 7.55. The molecule has 0 aromatic carbocycles. The molecule has 0 aliphatic carbocycles. The highest BCUT2D eigenvalue weighted by Gasteiger charge is 1.90. The van der Waals surface area contributed by atoms with Crippen LogP contribution in [0.1, 0.15) is 33.1 Å². The van der Waals surface area contributed by atoms with Crippen molar-refractivity contribution in [1.29, 1.82) is 0 Å². The van der Waals surface area contributed by atoms with Crippen LogP contribution in [0.15, 0.2) is 0 Å². The maximum absolute atomic E-state index is 3.41. The summed E-state index contributed by atoms with van der Waals surface area (Å²) in [7, 11) is 0. The Morgan fingerprint density at radius 3 is 2.40 bits per heavy atom. The predicted octanol–water partition coefficient (Wildman–Crippen LogP) is 2.55. The summed E-state index contributed by atoms with van der Waals surface area (Å²) in [5, 5.41) is 4.54. The minimum Gasteiger partial charge on any atom is -0.315 e. The van der Waals surface area contributed by atoms with Crippen molar-refractivity contribution in [1.82, 2.24) is 5.32 Å². The van der Waals surface area contributed by atoms with Gasteiger partial charge in [0.05, 0.1) is 0 Å². The second-order valence-electron chi connectivity index (χ2n) is 2.86. The first-order valence-corrected chi connectivity index (χ1v) is 5.19. The lowest BCUT2D eigenvalue weighted by Gasteiger charge is -2.06. The van der Waals surface area contributed by atoms with Crippen LogP contribution < -0.4 is 5.32 Å². The summed E-state index contributed by atoms with van der Waals surface area (Å²) in [5.74, 6) is 0. The van der Waals surface area contributed by atoms with E-state index in [0.29, 0.717) is 6.04 Å². The molecule has 0 heterocycles. The maximum atomic E-state index is 3.41. The molecular weight excluding hydrogens is 190 g/mol. The normalized spacial score (nSPS) is 10.8. The maximum Gasteiger partial charge on any atom is 0.00313 e. The van der Waals surface area contributed by atoms with Crippen LogP contribution in [0.2, 0.25) is 0 Å². The van der Waals surface area contributed by atoms with E-state index in [-0.39, 0.29) is 0 Å². The molecule has 0 saturated heterocycles. The van der Waals surface area contributed by atoms with Crippen LogP contribution in [0.5, 0.6) is 0 Å². The molecule has 1 nitrogen and oxygen atoms in total. The monoisotopic (exact) mass is 207 g/mol. The van der Waals surface area contributed by atoms with Gasteiger partial charge in [0, 0.05) is 11.4 Å². The lowest BCUT2D eigenvalue weighted by atomic mass is 10.2. The summed E-state index contributed by atoms with van der Waals surface area (Å²) in [5.41, 5.74) is 0. The van der Waals surface area contributed by atoms with Crippen molar-refractivity contribution in [3.05, 3.63) is 0 Å². The van der Waals surface area contributed by atoms with E-state index in [4.69, 9.17) is 0 Å². The molecule has 0 aliphatic rings. The van der Waals surface area contributed by atoms with Crippen LogP contribution in [-0.2, 0) is 0 Å². The van der Waals surface area contributed by atoms with Gasteiger partial charge < -0.3 is 5.32 Å². The van der Waals surface area contributed by atoms with Gasteiger partial charge in [0.25, 0.3) is 0 Å². The summed E-state index contributed by atoms with van der Waals surface area (Å²) >= 11 is 3.41. The predicted molar refractivity (Wildman–Crippen MR) is 50.8 cm³/mol. The fourth-order valence-electron chi connectivity index (χ4n) is 0.787. The van der Waals surface area contributed by atoms with Crippen LogP contribution in [-0.4, -0.2) is 17.9 Å². The lowest BCUT2D eigenvalue weighted by Crippen LogP contribution is -2.23. The number of hydrogen-bond acceptors (Lipinski definition) is 1. The van der Waals surface area contributed by atoms with E-state index in [9.17, 15) is 0 Å². The van der Waals surface area contributed by atoms with Crippen molar-refractivity contribution in [3.8, 4) is 0 Å². The molecule has 0 aliphatic heterocycles. The van der Waals surface area contributed by atoms with Crippen LogP contribution in [0.4, 0.5) is 0 Å². The zero-order valence-corrected chi connectivity index (χ0v) is 8.58. The van der Waals surface area contributed by atoms with Crippen molar-refractivity contribution in [2.45, 2.75) is 39.2 Å². The van der Waals surface area contributed by atoms with Crippen molar-refractivity contribution >= 4 is 15.9 Å². The Balaban J connectivity index is 2.77. The largest absolute Gasteiger partial charge is 0.315 e. The SMILES string of the molecule is CC(C)NCCCCCBr. The van der Waals surface area contributed by atoms with Crippen LogP contribution in [0, 0.1) is 0 Å². The van der Waals surface area contributed by atoms with Gasteiger partial charge in [-0.1, -0.05) is 36.2 Å². The molecule has 0 rings (SSSR count). The van der Waals surface area contributed by atoms with Gasteiger partial charge in [-0.3, -0.25) is 0 Å². The third-order valence-corrected chi connectivity index (χ3v) is 1.92. The topological polar surface area (TPSA) is 12.0 Å². The van der Waals surface area contributed by atoms with E-state index in [2.05, 4.69) is 35.1 Å². The smallest absolute Gasteiger partial charge is 0.00313 e. The number of hydrogen-bond donors (Lipinski definition) is 1. The standard InChI is InChI=1S/C8H18BrN/c1-8(2)10-7-5-3-4-6-9/h8,10H,3-7H2,1-2H3. The van der Waals surface area contributed by atoms with Crippen LogP contribution in [0.25, 0.3) is 0 Å². The van der Waals surface area contributed by atoms with E-state index in [1.54, 1.807) is 0 Å². The molecular formula is C8H18BrN. The molecule has 0 atom stereocenters. The number of nitrogens with one attached hydrogen (secondary N) is 1. The van der Waals surface area contributed by atoms with E-state index in [0.717, 1.165) is 5.33 Å². The van der Waals surface area contributed by atoms with Gasteiger partial charge >= 0.3 is 0 Å². The Morgan fingerprint density at radius 1 is 1.20 bits per heavy atom. The zero-order chi connectivity index (χ0) is 7.82. The molecule has 0 unspecified atom stereocenters. The van der Waals surface area contributed by atoms with Gasteiger partial charge in [-0.2, -0.15) is 0 Å². The fourth-order valence-corrected chi connectivity index (χ4v) is 1.18. The molecule has 0 aromatic rings.